The predicted molar refractivity (Wildman–Crippen MR) is 84.4 cm³/mol. The number of nitriles is 1. The third-order valence-corrected chi connectivity index (χ3v) is 4.09. The van der Waals surface area contributed by atoms with Crippen LogP contribution in [0, 0.1) is 11.3 Å². The Hall–Kier alpha value is -3.31. The van der Waals surface area contributed by atoms with Crippen LogP contribution in [-0.4, -0.2) is 35.4 Å². The Morgan fingerprint density at radius 2 is 1.68 bits per heavy atom. The summed E-state index contributed by atoms with van der Waals surface area (Å²) in [5, 5.41) is 11.6. The maximum absolute atomic E-state index is 13.2. The Morgan fingerprint density at radius 1 is 1.10 bits per heavy atom. The van der Waals surface area contributed by atoms with Crippen LogP contribution in [0.5, 0.6) is 0 Å². The van der Waals surface area contributed by atoms with Crippen molar-refractivity contribution < 1.29 is 49.1 Å². The highest BCUT2D eigenvalue weighted by Gasteiger charge is 2.54. The van der Waals surface area contributed by atoms with Crippen LogP contribution in [0.4, 0.5) is 45.2 Å². The molecule has 1 unspecified atom stereocenters. The molecule has 168 valence electrons. The molecule has 1 atom stereocenters. The smallest absolute Gasteiger partial charge is 0.294 e. The van der Waals surface area contributed by atoms with Gasteiger partial charge in [-0.25, -0.2) is 4.90 Å². The Balaban J connectivity index is 2.60. The third-order valence-electron chi connectivity index (χ3n) is 4.09. The Kier molecular flexibility index (Phi) is 5.74. The van der Waals surface area contributed by atoms with Gasteiger partial charge in [0, 0.05) is 6.42 Å². The SMILES string of the molecule is CC1(C(=O)N(C(=O)C(F)(F)F)c2ccc(C#N)c(C(F)(F)F)c2)CC(C(F)(F)F)=NN1. The van der Waals surface area contributed by atoms with Gasteiger partial charge in [0.05, 0.1) is 22.9 Å². The standard InChI is InChI=1S/C16H9F9N4O2/c1-13(5-10(27-28-13)15(20,21)22)11(30)29(12(31)16(23,24)25)8-3-2-7(6-26)9(4-8)14(17,18)19/h2-4,28H,5H2,1H3. The molecule has 1 aliphatic rings. The molecule has 1 aromatic rings. The summed E-state index contributed by atoms with van der Waals surface area (Å²) in [6.07, 6.45) is -17.4. The second-order valence-electron chi connectivity index (χ2n) is 6.46. The van der Waals surface area contributed by atoms with Crippen LogP contribution in [0.25, 0.3) is 0 Å². The van der Waals surface area contributed by atoms with Crippen LogP contribution < -0.4 is 10.3 Å². The van der Waals surface area contributed by atoms with Crippen molar-refractivity contribution in [1.29, 1.82) is 5.26 Å². The number of hydrogen-bond donors (Lipinski definition) is 1. The van der Waals surface area contributed by atoms with Gasteiger partial charge in [-0.1, -0.05) is 0 Å². The maximum Gasteiger partial charge on any atom is 0.472 e. The highest BCUT2D eigenvalue weighted by Crippen LogP contribution is 2.37. The fourth-order valence-electron chi connectivity index (χ4n) is 2.60. The molecule has 0 spiro atoms. The van der Waals surface area contributed by atoms with E-state index in [1.165, 1.54) is 0 Å². The Bertz CT molecular complexity index is 989. The molecule has 0 aliphatic carbocycles. The zero-order valence-corrected chi connectivity index (χ0v) is 15.0. The van der Waals surface area contributed by atoms with Gasteiger partial charge >= 0.3 is 24.4 Å². The molecule has 2 amide bonds. The molecule has 1 aromatic carbocycles. The van der Waals surface area contributed by atoms with Crippen molar-refractivity contribution in [1.82, 2.24) is 5.43 Å². The van der Waals surface area contributed by atoms with E-state index in [2.05, 4.69) is 5.10 Å². The lowest BCUT2D eigenvalue weighted by molar-refractivity contribution is -0.171. The van der Waals surface area contributed by atoms with E-state index < -0.39 is 69.7 Å². The zero-order chi connectivity index (χ0) is 24.0. The lowest BCUT2D eigenvalue weighted by Crippen LogP contribution is -2.57. The number of halogens is 9. The third kappa shape index (κ3) is 4.72. The average molecular weight is 460 g/mol. The molecule has 0 aromatic heterocycles. The van der Waals surface area contributed by atoms with Crippen molar-refractivity contribution in [3.8, 4) is 6.07 Å². The zero-order valence-electron chi connectivity index (χ0n) is 15.0. The summed E-state index contributed by atoms with van der Waals surface area (Å²) < 4.78 is 117. The van der Waals surface area contributed by atoms with Crippen molar-refractivity contribution in [2.75, 3.05) is 4.90 Å². The minimum absolute atomic E-state index is 0.0517. The molecule has 0 saturated heterocycles. The van der Waals surface area contributed by atoms with Gasteiger partial charge in [0.1, 0.15) is 11.3 Å². The van der Waals surface area contributed by atoms with E-state index in [4.69, 9.17) is 5.26 Å². The lowest BCUT2D eigenvalue weighted by atomic mass is 9.94. The normalized spacial score (nSPS) is 19.3. The average Bonchev–Trinajstić information content (AvgIpc) is 3.04. The van der Waals surface area contributed by atoms with Crippen molar-refractivity contribution in [2.45, 2.75) is 37.4 Å². The van der Waals surface area contributed by atoms with E-state index in [9.17, 15) is 49.1 Å². The summed E-state index contributed by atoms with van der Waals surface area (Å²) in [6, 6.07) is 1.98. The summed E-state index contributed by atoms with van der Waals surface area (Å²) in [7, 11) is 0. The van der Waals surface area contributed by atoms with Crippen LogP contribution >= 0.6 is 0 Å². The number of hydrogen-bond acceptors (Lipinski definition) is 5. The number of hydrazone groups is 1. The van der Waals surface area contributed by atoms with E-state index in [0.717, 1.165) is 6.07 Å². The van der Waals surface area contributed by atoms with Crippen LogP contribution in [0.15, 0.2) is 23.3 Å². The summed E-state index contributed by atoms with van der Waals surface area (Å²) >= 11 is 0. The van der Waals surface area contributed by atoms with Gasteiger partial charge in [0.25, 0.3) is 5.91 Å². The molecule has 31 heavy (non-hydrogen) atoms. The first-order valence-electron chi connectivity index (χ1n) is 7.90. The molecule has 15 heteroatoms. The first-order valence-corrected chi connectivity index (χ1v) is 7.90. The Morgan fingerprint density at radius 3 is 2.10 bits per heavy atom. The fraction of sp³-hybridized carbons (Fsp3) is 0.375. The molecular formula is C16H9F9N4O2. The van der Waals surface area contributed by atoms with Gasteiger partial charge in [0.15, 0.2) is 0 Å². The molecule has 6 nitrogen and oxygen atoms in total. The van der Waals surface area contributed by atoms with Crippen LogP contribution in [0.2, 0.25) is 0 Å². The van der Waals surface area contributed by atoms with Crippen molar-refractivity contribution in [3.63, 3.8) is 0 Å². The number of carbonyl (C=O) groups is 2. The molecule has 1 aliphatic heterocycles. The number of anilines is 1. The van der Waals surface area contributed by atoms with Crippen LogP contribution in [0.1, 0.15) is 24.5 Å². The molecule has 0 radical (unpaired) electrons. The second kappa shape index (κ2) is 7.43. The molecule has 0 bridgehead atoms. The molecular weight excluding hydrogens is 451 g/mol. The number of amides is 2. The first-order chi connectivity index (χ1) is 13.9. The highest BCUT2D eigenvalue weighted by atomic mass is 19.4. The summed E-state index contributed by atoms with van der Waals surface area (Å²) in [5.41, 5.74) is -6.42. The summed E-state index contributed by atoms with van der Waals surface area (Å²) in [5.74, 6) is -4.88. The van der Waals surface area contributed by atoms with E-state index in [1.807, 2.05) is 0 Å². The van der Waals surface area contributed by atoms with Gasteiger partial charge in [-0.15, -0.1) is 0 Å². The molecule has 2 rings (SSSR count). The number of imide groups is 1. The van der Waals surface area contributed by atoms with Gasteiger partial charge in [0.2, 0.25) is 0 Å². The van der Waals surface area contributed by atoms with Crippen molar-refractivity contribution in [2.24, 2.45) is 5.10 Å². The van der Waals surface area contributed by atoms with Crippen molar-refractivity contribution in [3.05, 3.63) is 29.3 Å². The van der Waals surface area contributed by atoms with E-state index in [-0.39, 0.29) is 6.07 Å². The summed E-state index contributed by atoms with van der Waals surface area (Å²) in [6.45, 7) is 0.697. The minimum atomic E-state index is -5.77. The quantitative estimate of drug-likeness (QED) is 0.683. The molecule has 0 saturated carbocycles. The monoisotopic (exact) mass is 460 g/mol. The topological polar surface area (TPSA) is 85.6 Å². The largest absolute Gasteiger partial charge is 0.472 e. The van der Waals surface area contributed by atoms with Gasteiger partial charge in [-0.05, 0) is 25.1 Å². The number of nitrogens with zero attached hydrogens (tertiary/aromatic N) is 3. The van der Waals surface area contributed by atoms with Gasteiger partial charge < -0.3 is 0 Å². The Labute approximate surface area is 166 Å². The van der Waals surface area contributed by atoms with E-state index in [1.54, 1.807) is 5.43 Å². The number of carbonyl (C=O) groups excluding carboxylic acids is 2. The number of alkyl halides is 9. The fourth-order valence-corrected chi connectivity index (χ4v) is 2.60. The van der Waals surface area contributed by atoms with Crippen LogP contribution in [-0.2, 0) is 15.8 Å². The number of nitrogens with one attached hydrogen (secondary N) is 1. The van der Waals surface area contributed by atoms with Gasteiger partial charge in [-0.2, -0.15) is 49.9 Å². The summed E-state index contributed by atoms with van der Waals surface area (Å²) in [4.78, 5) is 23.8. The maximum atomic E-state index is 13.2. The van der Waals surface area contributed by atoms with E-state index >= 15 is 0 Å². The number of rotatable bonds is 2. The second-order valence-corrected chi connectivity index (χ2v) is 6.46. The lowest BCUT2D eigenvalue weighted by Gasteiger charge is -2.31. The predicted octanol–water partition coefficient (Wildman–Crippen LogP) is 3.67. The molecule has 0 fully saturated rings. The van der Waals surface area contributed by atoms with Gasteiger partial charge in [-0.3, -0.25) is 15.0 Å². The minimum Gasteiger partial charge on any atom is -0.294 e. The highest BCUT2D eigenvalue weighted by molar-refractivity contribution is 6.20. The molecule has 1 heterocycles. The molecule has 1 N–H and O–H groups in total. The van der Waals surface area contributed by atoms with Crippen LogP contribution in [0.3, 0.4) is 0 Å². The number of benzene rings is 1. The first kappa shape index (κ1) is 24.0. The van der Waals surface area contributed by atoms with E-state index in [0.29, 0.717) is 19.1 Å². The van der Waals surface area contributed by atoms with Crippen molar-refractivity contribution >= 4 is 23.2 Å².